The molecule has 0 aromatic carbocycles. The average molecular weight is 529 g/mol. The van der Waals surface area contributed by atoms with Crippen LogP contribution in [0.5, 0.6) is 0 Å². The van der Waals surface area contributed by atoms with Crippen molar-refractivity contribution in [3.05, 3.63) is 34.9 Å². The SMILES string of the molecule is C.CCCC(C)CC/C=C(/C)CC/C=C(\C)CCC=C(C)C.S.[3HH].[W]. The molecule has 1 atom stereocenters. The van der Waals surface area contributed by atoms with E-state index in [1.165, 1.54) is 62.5 Å². The second-order valence-electron chi connectivity index (χ2n) is 6.93. The predicted octanol–water partition coefficient (Wildman–Crippen LogP) is 8.61. The second kappa shape index (κ2) is 21.3. The summed E-state index contributed by atoms with van der Waals surface area (Å²) in [6, 6.07) is 0. The molecule has 0 rings (SSSR count). The molecule has 0 saturated carbocycles. The summed E-state index contributed by atoms with van der Waals surface area (Å²) in [5.74, 6) is 0.885. The van der Waals surface area contributed by atoms with Gasteiger partial charge in [0.1, 0.15) is 0 Å². The maximum absolute atomic E-state index is 2.46. The van der Waals surface area contributed by atoms with Gasteiger partial charge < -0.3 is 0 Å². The van der Waals surface area contributed by atoms with Crippen LogP contribution in [-0.4, -0.2) is 0 Å². The maximum atomic E-state index is 2.46. The van der Waals surface area contributed by atoms with Crippen molar-refractivity contribution in [2.45, 2.75) is 100 Å². The minimum atomic E-state index is 0. The fourth-order valence-corrected chi connectivity index (χ4v) is 2.59. The van der Waals surface area contributed by atoms with Crippen LogP contribution in [0.4, 0.5) is 0 Å². The van der Waals surface area contributed by atoms with E-state index < -0.39 is 0 Å². The molecular formula is C22H46SW. The molecule has 0 heterocycles. The molecule has 1 unspecified atom stereocenters. The maximum Gasteiger partial charge on any atom is 0 e. The van der Waals surface area contributed by atoms with Gasteiger partial charge in [-0.25, -0.2) is 0 Å². The summed E-state index contributed by atoms with van der Waals surface area (Å²) < 4.78 is 0. The summed E-state index contributed by atoms with van der Waals surface area (Å²) in [6.07, 6.45) is 17.3. The third kappa shape index (κ3) is 22.3. The van der Waals surface area contributed by atoms with E-state index in [1.54, 1.807) is 5.57 Å². The van der Waals surface area contributed by atoms with Crippen molar-refractivity contribution in [2.75, 3.05) is 0 Å². The van der Waals surface area contributed by atoms with Crippen LogP contribution in [0.1, 0.15) is 102 Å². The Kier molecular flexibility index (Phi) is 28.4. The fraction of sp³-hybridized carbons (Fsp3) is 0.727. The molecule has 0 radical (unpaired) electrons. The van der Waals surface area contributed by atoms with Gasteiger partial charge in [0.05, 0.1) is 0 Å². The molecule has 146 valence electrons. The van der Waals surface area contributed by atoms with Crippen LogP contribution in [0, 0.1) is 5.92 Å². The first-order chi connectivity index (χ1) is 9.95. The molecule has 24 heavy (non-hydrogen) atoms. The van der Waals surface area contributed by atoms with E-state index in [0.717, 1.165) is 5.92 Å². The Morgan fingerprint density at radius 3 is 1.75 bits per heavy atom. The molecule has 0 nitrogen and oxygen atoms in total. The van der Waals surface area contributed by atoms with Crippen molar-refractivity contribution in [1.82, 2.24) is 0 Å². The van der Waals surface area contributed by atoms with Crippen molar-refractivity contribution in [2.24, 2.45) is 5.92 Å². The van der Waals surface area contributed by atoms with Crippen LogP contribution in [0.2, 0.25) is 0 Å². The Balaban J connectivity index is -0.000000333. The first-order valence-electron chi connectivity index (χ1n) is 8.90. The van der Waals surface area contributed by atoms with Crippen LogP contribution < -0.4 is 0 Å². The molecule has 0 aromatic heterocycles. The summed E-state index contributed by atoms with van der Waals surface area (Å²) in [6.45, 7) is 13.6. The van der Waals surface area contributed by atoms with Crippen LogP contribution in [0.15, 0.2) is 34.9 Å². The van der Waals surface area contributed by atoms with Gasteiger partial charge in [-0.05, 0) is 72.1 Å². The smallest absolute Gasteiger partial charge is 0 e. The van der Waals surface area contributed by atoms with E-state index in [-0.39, 0.29) is 43.4 Å². The standard InChI is InChI=1S/C21H38.CH4.H2S.W.H2/c1-7-11-19(4)14-9-15-21(6)17-10-16-20(5)13-8-12-18(2)3;;;;/h12,15-16,19H,7-11,13-14,17H2,1-6H3;1H4;1H2;;1H/b20-16+,21-15-;;;;/i;;;;1+2. The zero-order valence-corrected chi connectivity index (χ0v) is 20.3. The zero-order valence-electron chi connectivity index (χ0n) is 16.4. The van der Waals surface area contributed by atoms with E-state index in [1.807, 2.05) is 0 Å². The molecule has 0 bridgehead atoms. The van der Waals surface area contributed by atoms with E-state index in [4.69, 9.17) is 0 Å². The van der Waals surface area contributed by atoms with Gasteiger partial charge in [0, 0.05) is 22.5 Å². The van der Waals surface area contributed by atoms with Gasteiger partial charge >= 0.3 is 0 Å². The van der Waals surface area contributed by atoms with Gasteiger partial charge in [0.15, 0.2) is 0 Å². The Bertz CT molecular complexity index is 355. The molecule has 0 spiro atoms. The third-order valence-corrected chi connectivity index (χ3v) is 4.06. The fourth-order valence-electron chi connectivity index (χ4n) is 2.59. The van der Waals surface area contributed by atoms with E-state index >= 15 is 0 Å². The van der Waals surface area contributed by atoms with E-state index in [9.17, 15) is 0 Å². The molecule has 0 amide bonds. The zero-order chi connectivity index (χ0) is 16.1. The van der Waals surface area contributed by atoms with Crippen molar-refractivity contribution in [1.29, 1.82) is 0 Å². The number of allylic oxidation sites excluding steroid dienone is 6. The minimum Gasteiger partial charge on any atom is -0.197 e. The van der Waals surface area contributed by atoms with Crippen LogP contribution in [0.3, 0.4) is 0 Å². The van der Waals surface area contributed by atoms with Crippen LogP contribution in [-0.2, 0) is 21.1 Å². The van der Waals surface area contributed by atoms with Gasteiger partial charge in [-0.2, -0.15) is 13.5 Å². The van der Waals surface area contributed by atoms with Crippen LogP contribution >= 0.6 is 13.5 Å². The van der Waals surface area contributed by atoms with E-state index in [2.05, 4.69) is 59.8 Å². The second-order valence-corrected chi connectivity index (χ2v) is 6.93. The number of rotatable bonds is 11. The number of hydrogen-bond acceptors (Lipinski definition) is 0. The Morgan fingerprint density at radius 1 is 0.833 bits per heavy atom. The molecule has 0 aliphatic rings. The third-order valence-electron chi connectivity index (χ3n) is 4.06. The van der Waals surface area contributed by atoms with Gasteiger partial charge in [0.2, 0.25) is 0 Å². The Morgan fingerprint density at radius 2 is 1.29 bits per heavy atom. The first-order valence-corrected chi connectivity index (χ1v) is 8.90. The summed E-state index contributed by atoms with van der Waals surface area (Å²) in [7, 11) is 0. The Hall–Kier alpha value is 0.258. The number of hydrogen-bond donors (Lipinski definition) is 0. The van der Waals surface area contributed by atoms with E-state index in [0.29, 0.717) is 0 Å². The first kappa shape index (κ1) is 32.0. The van der Waals surface area contributed by atoms with Crippen LogP contribution in [0.25, 0.3) is 0 Å². The van der Waals surface area contributed by atoms with Gasteiger partial charge in [-0.1, -0.05) is 69.1 Å². The molecule has 0 aliphatic carbocycles. The van der Waals surface area contributed by atoms with Gasteiger partial charge in [-0.3, -0.25) is 0 Å². The normalized spacial score (nSPS) is 12.4. The molecule has 0 fully saturated rings. The summed E-state index contributed by atoms with van der Waals surface area (Å²) in [4.78, 5) is 0. The monoisotopic (exact) mass is 528 g/mol. The molecule has 0 N–H and O–H groups in total. The quantitative estimate of drug-likeness (QED) is 0.236. The molecule has 0 aliphatic heterocycles. The predicted molar refractivity (Wildman–Crippen MR) is 118 cm³/mol. The van der Waals surface area contributed by atoms with Crippen molar-refractivity contribution >= 4 is 13.5 Å². The summed E-state index contributed by atoms with van der Waals surface area (Å²) >= 11 is 0. The minimum absolute atomic E-state index is 0. The van der Waals surface area contributed by atoms with Gasteiger partial charge in [0.25, 0.3) is 0 Å². The van der Waals surface area contributed by atoms with Crippen molar-refractivity contribution in [3.8, 4) is 0 Å². The molecular weight excluding hydrogens is 480 g/mol. The molecule has 0 aromatic rings. The van der Waals surface area contributed by atoms with Gasteiger partial charge in [-0.15, -0.1) is 0 Å². The van der Waals surface area contributed by atoms with Crippen molar-refractivity contribution in [3.63, 3.8) is 0 Å². The average Bonchev–Trinajstić information content (AvgIpc) is 2.38. The topological polar surface area (TPSA) is 0 Å². The summed E-state index contributed by atoms with van der Waals surface area (Å²) in [5, 5.41) is 0. The summed E-state index contributed by atoms with van der Waals surface area (Å²) in [5.41, 5.74) is 4.53. The van der Waals surface area contributed by atoms with Crippen molar-refractivity contribution < 1.29 is 22.5 Å². The Labute approximate surface area is 176 Å². The molecule has 0 saturated heterocycles. The largest absolute Gasteiger partial charge is 0.197 e. The molecule has 2 heteroatoms.